The fraction of sp³-hybridized carbons (Fsp3) is 0.500. The Labute approximate surface area is 115 Å². The molecule has 1 fully saturated rings. The zero-order valence-electron chi connectivity index (χ0n) is 9.99. The van der Waals surface area contributed by atoms with Gasteiger partial charge < -0.3 is 5.32 Å². The van der Waals surface area contributed by atoms with Crippen LogP contribution in [0.15, 0.2) is 22.7 Å². The van der Waals surface area contributed by atoms with Crippen molar-refractivity contribution in [3.05, 3.63) is 34.1 Å². The van der Waals surface area contributed by atoms with Crippen molar-refractivity contribution in [2.75, 3.05) is 18.1 Å². The third-order valence-corrected chi connectivity index (χ3v) is 5.42. The third-order valence-electron chi connectivity index (χ3n) is 3.01. The molecular weight excluding hydrogens is 321 g/mol. The minimum absolute atomic E-state index is 0.0457. The molecule has 2 atom stereocenters. The lowest BCUT2D eigenvalue weighted by Gasteiger charge is -2.17. The Balaban J connectivity index is 2.32. The molecule has 1 heterocycles. The summed E-state index contributed by atoms with van der Waals surface area (Å²) in [6.45, 7) is 2.46. The molecule has 6 heteroatoms. The van der Waals surface area contributed by atoms with Crippen LogP contribution in [0.25, 0.3) is 0 Å². The molecule has 1 saturated heterocycles. The van der Waals surface area contributed by atoms with E-state index in [1.165, 1.54) is 6.07 Å². The highest BCUT2D eigenvalue weighted by Crippen LogP contribution is 2.24. The summed E-state index contributed by atoms with van der Waals surface area (Å²) in [6, 6.07) is 4.25. The zero-order chi connectivity index (χ0) is 13.3. The SMILES string of the molecule is CC1CNC(c2ccc(Br)cc2F)CS(=O)(=O)C1. The van der Waals surface area contributed by atoms with Gasteiger partial charge in [0.15, 0.2) is 9.84 Å². The van der Waals surface area contributed by atoms with Crippen LogP contribution in [-0.2, 0) is 9.84 Å². The molecule has 100 valence electrons. The van der Waals surface area contributed by atoms with Crippen LogP contribution in [0.3, 0.4) is 0 Å². The van der Waals surface area contributed by atoms with Crippen molar-refractivity contribution in [3.63, 3.8) is 0 Å². The summed E-state index contributed by atoms with van der Waals surface area (Å²) in [5.41, 5.74) is 0.413. The maximum atomic E-state index is 13.9. The fourth-order valence-electron chi connectivity index (χ4n) is 2.20. The van der Waals surface area contributed by atoms with E-state index >= 15 is 0 Å². The van der Waals surface area contributed by atoms with Gasteiger partial charge >= 0.3 is 0 Å². The molecule has 1 aliphatic heterocycles. The Morgan fingerprint density at radius 2 is 2.11 bits per heavy atom. The molecule has 1 aliphatic rings. The molecule has 3 nitrogen and oxygen atoms in total. The number of rotatable bonds is 1. The van der Waals surface area contributed by atoms with E-state index in [1.807, 2.05) is 6.92 Å². The van der Waals surface area contributed by atoms with Gasteiger partial charge in [-0.1, -0.05) is 28.9 Å². The van der Waals surface area contributed by atoms with E-state index in [2.05, 4.69) is 21.2 Å². The molecule has 1 N–H and O–H groups in total. The first-order valence-electron chi connectivity index (χ1n) is 5.76. The molecule has 1 aromatic rings. The number of hydrogen-bond donors (Lipinski definition) is 1. The highest BCUT2D eigenvalue weighted by atomic mass is 79.9. The van der Waals surface area contributed by atoms with Gasteiger partial charge in [-0.2, -0.15) is 0 Å². The highest BCUT2D eigenvalue weighted by molar-refractivity contribution is 9.10. The van der Waals surface area contributed by atoms with Gasteiger partial charge in [0.05, 0.1) is 11.5 Å². The molecule has 0 bridgehead atoms. The lowest BCUT2D eigenvalue weighted by atomic mass is 10.1. The van der Waals surface area contributed by atoms with E-state index in [9.17, 15) is 12.8 Å². The van der Waals surface area contributed by atoms with Crippen LogP contribution in [0.2, 0.25) is 0 Å². The first-order chi connectivity index (χ1) is 8.37. The molecule has 0 spiro atoms. The van der Waals surface area contributed by atoms with Crippen molar-refractivity contribution in [3.8, 4) is 0 Å². The summed E-state index contributed by atoms with van der Waals surface area (Å²) >= 11 is 3.19. The predicted octanol–water partition coefficient (Wildman–Crippen LogP) is 2.28. The van der Waals surface area contributed by atoms with Gasteiger partial charge in [0.25, 0.3) is 0 Å². The summed E-state index contributed by atoms with van der Waals surface area (Å²) in [5.74, 6) is -0.213. The van der Waals surface area contributed by atoms with Crippen LogP contribution in [0.1, 0.15) is 18.5 Å². The van der Waals surface area contributed by atoms with Gasteiger partial charge in [0.1, 0.15) is 5.82 Å². The monoisotopic (exact) mass is 335 g/mol. The van der Waals surface area contributed by atoms with E-state index in [0.717, 1.165) is 0 Å². The van der Waals surface area contributed by atoms with E-state index in [4.69, 9.17) is 0 Å². The minimum Gasteiger partial charge on any atom is -0.309 e. The number of hydrogen-bond acceptors (Lipinski definition) is 3. The second kappa shape index (κ2) is 5.27. The van der Waals surface area contributed by atoms with E-state index in [0.29, 0.717) is 16.6 Å². The van der Waals surface area contributed by atoms with Crippen LogP contribution in [-0.4, -0.2) is 26.5 Å². The molecule has 0 radical (unpaired) electrons. The number of nitrogens with one attached hydrogen (secondary N) is 1. The maximum Gasteiger partial charge on any atom is 0.152 e. The van der Waals surface area contributed by atoms with Crippen LogP contribution >= 0.6 is 15.9 Å². The summed E-state index contributed by atoms with van der Waals surface area (Å²) in [5, 5.41) is 3.13. The van der Waals surface area contributed by atoms with E-state index in [-0.39, 0.29) is 23.2 Å². The minimum atomic E-state index is -3.13. The lowest BCUT2D eigenvalue weighted by Crippen LogP contribution is -2.27. The van der Waals surface area contributed by atoms with Crippen molar-refractivity contribution < 1.29 is 12.8 Å². The van der Waals surface area contributed by atoms with Gasteiger partial charge in [-0.05, 0) is 24.6 Å². The Bertz CT molecular complexity index is 547. The number of sulfone groups is 1. The molecule has 0 aromatic heterocycles. The van der Waals surface area contributed by atoms with Crippen molar-refractivity contribution >= 4 is 25.8 Å². The van der Waals surface area contributed by atoms with E-state index < -0.39 is 15.9 Å². The van der Waals surface area contributed by atoms with Crippen LogP contribution in [0.4, 0.5) is 4.39 Å². The lowest BCUT2D eigenvalue weighted by molar-refractivity contribution is 0.496. The van der Waals surface area contributed by atoms with Crippen molar-refractivity contribution in [2.45, 2.75) is 13.0 Å². The largest absolute Gasteiger partial charge is 0.309 e. The van der Waals surface area contributed by atoms with Gasteiger partial charge in [0, 0.05) is 16.1 Å². The number of benzene rings is 1. The summed E-state index contributed by atoms with van der Waals surface area (Å²) in [7, 11) is -3.13. The highest BCUT2D eigenvalue weighted by Gasteiger charge is 2.28. The van der Waals surface area contributed by atoms with Gasteiger partial charge in [-0.3, -0.25) is 0 Å². The molecule has 0 amide bonds. The summed E-state index contributed by atoms with van der Waals surface area (Å²) in [4.78, 5) is 0. The molecular formula is C12H15BrFNO2S. The van der Waals surface area contributed by atoms with E-state index in [1.54, 1.807) is 12.1 Å². The summed E-state index contributed by atoms with van der Waals surface area (Å²) < 4.78 is 38.2. The molecule has 0 aliphatic carbocycles. The summed E-state index contributed by atoms with van der Waals surface area (Å²) in [6.07, 6.45) is 0. The average molecular weight is 336 g/mol. The molecule has 18 heavy (non-hydrogen) atoms. The molecule has 2 rings (SSSR count). The fourth-order valence-corrected chi connectivity index (χ4v) is 4.46. The van der Waals surface area contributed by atoms with Crippen LogP contribution in [0, 0.1) is 11.7 Å². The molecule has 2 unspecified atom stereocenters. The predicted molar refractivity (Wildman–Crippen MR) is 72.7 cm³/mol. The van der Waals surface area contributed by atoms with Crippen molar-refractivity contribution in [1.29, 1.82) is 0 Å². The quantitative estimate of drug-likeness (QED) is 0.856. The Morgan fingerprint density at radius 1 is 1.39 bits per heavy atom. The normalized spacial score (nSPS) is 27.7. The van der Waals surface area contributed by atoms with Gasteiger partial charge in [-0.25, -0.2) is 12.8 Å². The third kappa shape index (κ3) is 3.30. The van der Waals surface area contributed by atoms with Gasteiger partial charge in [-0.15, -0.1) is 0 Å². The number of halogens is 2. The second-order valence-electron chi connectivity index (χ2n) is 4.81. The van der Waals surface area contributed by atoms with Crippen molar-refractivity contribution in [1.82, 2.24) is 5.32 Å². The first-order valence-corrected chi connectivity index (χ1v) is 8.37. The Hall–Kier alpha value is -0.460. The first kappa shape index (κ1) is 14.0. The topological polar surface area (TPSA) is 46.2 Å². The van der Waals surface area contributed by atoms with Crippen molar-refractivity contribution in [2.24, 2.45) is 5.92 Å². The Morgan fingerprint density at radius 3 is 2.78 bits per heavy atom. The van der Waals surface area contributed by atoms with Crippen LogP contribution in [0.5, 0.6) is 0 Å². The molecule has 0 saturated carbocycles. The maximum absolute atomic E-state index is 13.9. The zero-order valence-corrected chi connectivity index (χ0v) is 12.4. The molecule has 1 aromatic carbocycles. The Kier molecular flexibility index (Phi) is 4.08. The smallest absolute Gasteiger partial charge is 0.152 e. The van der Waals surface area contributed by atoms with Gasteiger partial charge in [0.2, 0.25) is 0 Å². The van der Waals surface area contributed by atoms with Crippen LogP contribution < -0.4 is 5.32 Å². The standard InChI is InChI=1S/C12H15BrFNO2S/c1-8-5-15-12(7-18(16,17)6-8)10-3-2-9(13)4-11(10)14/h2-4,8,12,15H,5-7H2,1H3. The second-order valence-corrected chi connectivity index (χ2v) is 7.88. The average Bonchev–Trinajstić information content (AvgIpc) is 2.36.